The summed E-state index contributed by atoms with van der Waals surface area (Å²) in [6.45, 7) is 1.87. The standard InChI is InChI=1S/C19H27NO/c21-19(20-14-6-1-2-7-15-20)18-12-10-17(11-13-18)16-8-4-3-5-9-16/h10-13,16H,1-9,14-15H2. The molecule has 114 valence electrons. The number of hydrogen-bond acceptors (Lipinski definition) is 1. The molecule has 0 unspecified atom stereocenters. The third-order valence-electron chi connectivity index (χ3n) is 5.13. The van der Waals surface area contributed by atoms with E-state index < -0.39 is 0 Å². The Hall–Kier alpha value is -1.31. The fourth-order valence-electron chi connectivity index (χ4n) is 3.79. The number of amides is 1. The second-order valence-electron chi connectivity index (χ2n) is 6.66. The van der Waals surface area contributed by atoms with Crippen molar-refractivity contribution >= 4 is 5.91 Å². The molecule has 1 saturated heterocycles. The van der Waals surface area contributed by atoms with Gasteiger partial charge in [-0.3, -0.25) is 4.79 Å². The minimum Gasteiger partial charge on any atom is -0.339 e. The Morgan fingerprint density at radius 1 is 0.810 bits per heavy atom. The molecule has 0 spiro atoms. The van der Waals surface area contributed by atoms with Crippen molar-refractivity contribution in [2.45, 2.75) is 63.7 Å². The van der Waals surface area contributed by atoms with E-state index in [0.717, 1.165) is 37.4 Å². The highest BCUT2D eigenvalue weighted by molar-refractivity contribution is 5.94. The number of carbonyl (C=O) groups is 1. The monoisotopic (exact) mass is 285 g/mol. The molecule has 1 aliphatic carbocycles. The number of likely N-dealkylation sites (tertiary alicyclic amines) is 1. The smallest absolute Gasteiger partial charge is 0.253 e. The van der Waals surface area contributed by atoms with E-state index in [1.54, 1.807) is 0 Å². The summed E-state index contributed by atoms with van der Waals surface area (Å²) in [6.07, 6.45) is 11.6. The van der Waals surface area contributed by atoms with Crippen molar-refractivity contribution in [2.24, 2.45) is 0 Å². The number of benzene rings is 1. The fourth-order valence-corrected chi connectivity index (χ4v) is 3.79. The Bertz CT molecular complexity index is 451. The van der Waals surface area contributed by atoms with Crippen molar-refractivity contribution in [3.05, 3.63) is 35.4 Å². The molecule has 1 amide bonds. The molecule has 3 rings (SSSR count). The first kappa shape index (κ1) is 14.6. The summed E-state index contributed by atoms with van der Waals surface area (Å²) in [4.78, 5) is 14.6. The van der Waals surface area contributed by atoms with E-state index in [4.69, 9.17) is 0 Å². The summed E-state index contributed by atoms with van der Waals surface area (Å²) in [5.74, 6) is 0.952. The second kappa shape index (κ2) is 7.11. The Morgan fingerprint density at radius 3 is 2.00 bits per heavy atom. The predicted octanol–water partition coefficient (Wildman–Crippen LogP) is 4.75. The van der Waals surface area contributed by atoms with Crippen LogP contribution in [0.15, 0.2) is 24.3 Å². The van der Waals surface area contributed by atoms with Crippen molar-refractivity contribution < 1.29 is 4.79 Å². The minimum absolute atomic E-state index is 0.229. The molecule has 0 N–H and O–H groups in total. The molecule has 1 aromatic carbocycles. The van der Waals surface area contributed by atoms with E-state index in [9.17, 15) is 4.79 Å². The molecule has 0 radical (unpaired) electrons. The van der Waals surface area contributed by atoms with Crippen molar-refractivity contribution in [1.29, 1.82) is 0 Å². The molecule has 1 heterocycles. The lowest BCUT2D eigenvalue weighted by molar-refractivity contribution is 0.0761. The van der Waals surface area contributed by atoms with Crippen LogP contribution >= 0.6 is 0 Å². The van der Waals surface area contributed by atoms with Crippen LogP contribution in [0.5, 0.6) is 0 Å². The van der Waals surface area contributed by atoms with Crippen LogP contribution < -0.4 is 0 Å². The van der Waals surface area contributed by atoms with Gasteiger partial charge in [-0.05, 0) is 49.3 Å². The summed E-state index contributed by atoms with van der Waals surface area (Å²) in [7, 11) is 0. The maximum Gasteiger partial charge on any atom is 0.253 e. The molecular weight excluding hydrogens is 258 g/mol. The number of rotatable bonds is 2. The summed E-state index contributed by atoms with van der Waals surface area (Å²) < 4.78 is 0. The quantitative estimate of drug-likeness (QED) is 0.768. The lowest BCUT2D eigenvalue weighted by Crippen LogP contribution is -2.31. The molecule has 1 saturated carbocycles. The Morgan fingerprint density at radius 2 is 1.38 bits per heavy atom. The Labute approximate surface area is 128 Å². The molecule has 1 aliphatic heterocycles. The van der Waals surface area contributed by atoms with Gasteiger partial charge in [-0.25, -0.2) is 0 Å². The van der Waals surface area contributed by atoms with Gasteiger partial charge in [0.15, 0.2) is 0 Å². The van der Waals surface area contributed by atoms with E-state index in [2.05, 4.69) is 24.3 Å². The van der Waals surface area contributed by atoms with Crippen molar-refractivity contribution in [2.75, 3.05) is 13.1 Å². The first-order valence-electron chi connectivity index (χ1n) is 8.74. The molecule has 0 bridgehead atoms. The van der Waals surface area contributed by atoms with Gasteiger partial charge >= 0.3 is 0 Å². The van der Waals surface area contributed by atoms with Crippen LogP contribution in [0.3, 0.4) is 0 Å². The van der Waals surface area contributed by atoms with E-state index >= 15 is 0 Å². The van der Waals surface area contributed by atoms with Crippen molar-refractivity contribution in [1.82, 2.24) is 4.90 Å². The molecule has 0 atom stereocenters. The van der Waals surface area contributed by atoms with Crippen LogP contribution in [0.4, 0.5) is 0 Å². The van der Waals surface area contributed by atoms with Gasteiger partial charge in [-0.15, -0.1) is 0 Å². The fraction of sp³-hybridized carbons (Fsp3) is 0.632. The van der Waals surface area contributed by atoms with Crippen molar-refractivity contribution in [3.63, 3.8) is 0 Å². The third kappa shape index (κ3) is 3.66. The van der Waals surface area contributed by atoms with Gasteiger partial charge < -0.3 is 4.90 Å². The van der Waals surface area contributed by atoms with E-state index in [1.807, 2.05) is 4.90 Å². The zero-order chi connectivity index (χ0) is 14.5. The van der Waals surface area contributed by atoms with Crippen LogP contribution in [0.1, 0.15) is 79.6 Å². The van der Waals surface area contributed by atoms with Gasteiger partial charge in [-0.2, -0.15) is 0 Å². The first-order valence-corrected chi connectivity index (χ1v) is 8.74. The lowest BCUT2D eigenvalue weighted by Gasteiger charge is -2.23. The Kier molecular flexibility index (Phi) is 4.95. The van der Waals surface area contributed by atoms with Crippen molar-refractivity contribution in [3.8, 4) is 0 Å². The first-order chi connectivity index (χ1) is 10.3. The molecule has 0 aromatic heterocycles. The average molecular weight is 285 g/mol. The average Bonchev–Trinajstić information content (AvgIpc) is 2.84. The van der Waals surface area contributed by atoms with Crippen LogP contribution in [0, 0.1) is 0 Å². The van der Waals surface area contributed by atoms with Gasteiger partial charge in [0.1, 0.15) is 0 Å². The normalized spacial score (nSPS) is 21.0. The highest BCUT2D eigenvalue weighted by Crippen LogP contribution is 2.32. The molecular formula is C19H27NO. The van der Waals surface area contributed by atoms with E-state index in [-0.39, 0.29) is 5.91 Å². The topological polar surface area (TPSA) is 20.3 Å². The summed E-state index contributed by atoms with van der Waals surface area (Å²) in [6, 6.07) is 8.50. The Balaban J connectivity index is 1.66. The largest absolute Gasteiger partial charge is 0.339 e. The lowest BCUT2D eigenvalue weighted by atomic mass is 9.84. The maximum atomic E-state index is 12.6. The van der Waals surface area contributed by atoms with Crippen LogP contribution in [0.25, 0.3) is 0 Å². The zero-order valence-corrected chi connectivity index (χ0v) is 13.0. The van der Waals surface area contributed by atoms with E-state index in [0.29, 0.717) is 0 Å². The molecule has 2 heteroatoms. The third-order valence-corrected chi connectivity index (χ3v) is 5.13. The van der Waals surface area contributed by atoms with Gasteiger partial charge in [0, 0.05) is 18.7 Å². The number of carbonyl (C=O) groups excluding carboxylic acids is 1. The number of hydrogen-bond donors (Lipinski definition) is 0. The highest BCUT2D eigenvalue weighted by Gasteiger charge is 2.19. The molecule has 1 aromatic rings. The molecule has 2 fully saturated rings. The maximum absolute atomic E-state index is 12.6. The van der Waals surface area contributed by atoms with Gasteiger partial charge in [-0.1, -0.05) is 44.2 Å². The minimum atomic E-state index is 0.229. The molecule has 2 nitrogen and oxygen atoms in total. The molecule has 21 heavy (non-hydrogen) atoms. The van der Waals surface area contributed by atoms with Crippen LogP contribution in [-0.4, -0.2) is 23.9 Å². The summed E-state index contributed by atoms with van der Waals surface area (Å²) >= 11 is 0. The SMILES string of the molecule is O=C(c1ccc(C2CCCCC2)cc1)N1CCCCCC1. The van der Waals surface area contributed by atoms with Gasteiger partial charge in [0.05, 0.1) is 0 Å². The predicted molar refractivity (Wildman–Crippen MR) is 86.6 cm³/mol. The van der Waals surface area contributed by atoms with Gasteiger partial charge in [0.2, 0.25) is 0 Å². The zero-order valence-electron chi connectivity index (χ0n) is 13.0. The van der Waals surface area contributed by atoms with Crippen LogP contribution in [0.2, 0.25) is 0 Å². The van der Waals surface area contributed by atoms with E-state index in [1.165, 1.54) is 50.5 Å². The summed E-state index contributed by atoms with van der Waals surface area (Å²) in [5, 5.41) is 0. The number of nitrogens with zero attached hydrogens (tertiary/aromatic N) is 1. The van der Waals surface area contributed by atoms with Crippen LogP contribution in [-0.2, 0) is 0 Å². The van der Waals surface area contributed by atoms with Gasteiger partial charge in [0.25, 0.3) is 5.91 Å². The summed E-state index contributed by atoms with van der Waals surface area (Å²) in [5.41, 5.74) is 2.30. The molecule has 2 aliphatic rings. The second-order valence-corrected chi connectivity index (χ2v) is 6.66. The highest BCUT2D eigenvalue weighted by atomic mass is 16.2.